The van der Waals surface area contributed by atoms with Gasteiger partial charge in [0.2, 0.25) is 17.7 Å². The number of rotatable bonds is 3. The molecule has 2 aromatic heterocycles. The number of carbonyl (C=O) groups excluding carboxylic acids is 2. The molecule has 0 bridgehead atoms. The largest absolute Gasteiger partial charge is 0.363 e. The highest BCUT2D eigenvalue weighted by Gasteiger charge is 2.35. The number of aryl methyl sites for hydroxylation is 1. The second-order valence-corrected chi connectivity index (χ2v) is 7.05. The van der Waals surface area contributed by atoms with Crippen LogP contribution in [0.25, 0.3) is 0 Å². The van der Waals surface area contributed by atoms with Crippen molar-refractivity contribution in [1.29, 1.82) is 0 Å². The maximum absolute atomic E-state index is 12.9. The van der Waals surface area contributed by atoms with E-state index in [0.717, 1.165) is 18.8 Å². The molecule has 2 amide bonds. The van der Waals surface area contributed by atoms with Crippen LogP contribution in [0.3, 0.4) is 0 Å². The molecule has 0 radical (unpaired) electrons. The Morgan fingerprint density at radius 1 is 1.36 bits per heavy atom. The van der Waals surface area contributed by atoms with Crippen molar-refractivity contribution in [2.75, 3.05) is 5.32 Å². The number of carbonyl (C=O) groups is 2. The molecule has 1 saturated carbocycles. The summed E-state index contributed by atoms with van der Waals surface area (Å²) >= 11 is 0. The third-order valence-electron chi connectivity index (χ3n) is 4.80. The number of nitrogens with zero attached hydrogens (tertiary/aromatic N) is 5. The van der Waals surface area contributed by atoms with Crippen LogP contribution in [0.1, 0.15) is 49.1 Å². The van der Waals surface area contributed by atoms with Crippen molar-refractivity contribution >= 4 is 17.6 Å². The molecule has 1 fully saturated rings. The van der Waals surface area contributed by atoms with Crippen molar-refractivity contribution in [3.63, 3.8) is 0 Å². The zero-order valence-corrected chi connectivity index (χ0v) is 15.4. The van der Waals surface area contributed by atoms with E-state index in [1.54, 1.807) is 6.20 Å². The molecule has 3 N–H and O–H groups in total. The third kappa shape index (κ3) is 5.33. The lowest BCUT2D eigenvalue weighted by Gasteiger charge is -2.27. The van der Waals surface area contributed by atoms with Crippen molar-refractivity contribution in [3.05, 3.63) is 24.4 Å². The lowest BCUT2D eigenvalue weighted by atomic mass is 9.87. The van der Waals surface area contributed by atoms with Crippen LogP contribution < -0.4 is 11.1 Å². The zero-order valence-electron chi connectivity index (χ0n) is 15.4. The van der Waals surface area contributed by atoms with E-state index in [2.05, 4.69) is 20.5 Å². The fraction of sp³-hybridized carbons (Fsp3) is 0.588. The average molecular weight is 395 g/mol. The molecule has 2 aromatic rings. The SMILES string of the molecule is NC(=O)c1ncn(CC2CCC(F)(F)CC2)n1.O=C1CCCn2nccc2N1. The maximum Gasteiger partial charge on any atom is 0.288 e. The van der Waals surface area contributed by atoms with Gasteiger partial charge < -0.3 is 11.1 Å². The van der Waals surface area contributed by atoms with E-state index in [9.17, 15) is 18.4 Å². The minimum absolute atomic E-state index is 0.0360. The summed E-state index contributed by atoms with van der Waals surface area (Å²) in [6, 6.07) is 1.81. The number of nitrogens with one attached hydrogen (secondary N) is 1. The summed E-state index contributed by atoms with van der Waals surface area (Å²) in [6.45, 7) is 1.34. The number of halogens is 2. The average Bonchev–Trinajstić information content (AvgIpc) is 3.24. The smallest absolute Gasteiger partial charge is 0.288 e. The second kappa shape index (κ2) is 8.44. The Balaban J connectivity index is 0.000000176. The second-order valence-electron chi connectivity index (χ2n) is 7.05. The highest BCUT2D eigenvalue weighted by molar-refractivity contribution is 5.90. The quantitative estimate of drug-likeness (QED) is 0.821. The fourth-order valence-corrected chi connectivity index (χ4v) is 3.25. The summed E-state index contributed by atoms with van der Waals surface area (Å²) in [6.07, 6.45) is 5.37. The normalized spacial score (nSPS) is 19.0. The Hall–Kier alpha value is -2.85. The molecule has 152 valence electrons. The van der Waals surface area contributed by atoms with Crippen molar-refractivity contribution < 1.29 is 18.4 Å². The Morgan fingerprint density at radius 3 is 2.79 bits per heavy atom. The van der Waals surface area contributed by atoms with E-state index < -0.39 is 11.8 Å². The summed E-state index contributed by atoms with van der Waals surface area (Å²) in [7, 11) is 0. The molecule has 11 heteroatoms. The van der Waals surface area contributed by atoms with Gasteiger partial charge >= 0.3 is 0 Å². The summed E-state index contributed by atoms with van der Waals surface area (Å²) in [5, 5.41) is 10.7. The molecule has 0 aromatic carbocycles. The first-order valence-electron chi connectivity index (χ1n) is 9.21. The monoisotopic (exact) mass is 395 g/mol. The topological polar surface area (TPSA) is 121 Å². The number of nitrogens with two attached hydrogens (primary N) is 1. The molecule has 1 aliphatic carbocycles. The molecule has 3 heterocycles. The Morgan fingerprint density at radius 2 is 2.11 bits per heavy atom. The highest BCUT2D eigenvalue weighted by atomic mass is 19.3. The Kier molecular flexibility index (Phi) is 6.00. The molecular formula is C17H23F2N7O2. The van der Waals surface area contributed by atoms with E-state index >= 15 is 0 Å². The van der Waals surface area contributed by atoms with Gasteiger partial charge in [0.05, 0.1) is 6.20 Å². The van der Waals surface area contributed by atoms with Crippen LogP contribution in [-0.4, -0.2) is 42.3 Å². The number of hydrogen-bond donors (Lipinski definition) is 2. The molecule has 9 nitrogen and oxygen atoms in total. The lowest BCUT2D eigenvalue weighted by molar-refractivity contribution is -0.116. The number of fused-ring (bicyclic) bond motifs is 1. The zero-order chi connectivity index (χ0) is 20.1. The number of primary amides is 1. The summed E-state index contributed by atoms with van der Waals surface area (Å²) in [5.41, 5.74) is 5.02. The maximum atomic E-state index is 12.9. The van der Waals surface area contributed by atoms with Gasteiger partial charge in [-0.05, 0) is 25.2 Å². The molecule has 0 saturated heterocycles. The highest BCUT2D eigenvalue weighted by Crippen LogP contribution is 2.36. The minimum atomic E-state index is -2.52. The first kappa shape index (κ1) is 19.9. The predicted molar refractivity (Wildman–Crippen MR) is 95.5 cm³/mol. The van der Waals surface area contributed by atoms with E-state index in [0.29, 0.717) is 25.8 Å². The van der Waals surface area contributed by atoms with Gasteiger partial charge in [0.25, 0.3) is 5.91 Å². The van der Waals surface area contributed by atoms with Crippen LogP contribution in [0.5, 0.6) is 0 Å². The third-order valence-corrected chi connectivity index (χ3v) is 4.80. The summed E-state index contributed by atoms with van der Waals surface area (Å²) in [5.74, 6) is -2.17. The van der Waals surface area contributed by atoms with Gasteiger partial charge in [0.1, 0.15) is 12.1 Å². The predicted octanol–water partition coefficient (Wildman–Crippen LogP) is 1.82. The van der Waals surface area contributed by atoms with Crippen LogP contribution in [0.4, 0.5) is 14.6 Å². The first-order valence-corrected chi connectivity index (χ1v) is 9.21. The molecule has 0 atom stereocenters. The summed E-state index contributed by atoms with van der Waals surface area (Å²) < 4.78 is 29.2. The Bertz CT molecular complexity index is 823. The van der Waals surface area contributed by atoms with Crippen LogP contribution in [0.2, 0.25) is 0 Å². The van der Waals surface area contributed by atoms with Gasteiger partial charge in [-0.15, -0.1) is 5.10 Å². The fourth-order valence-electron chi connectivity index (χ4n) is 3.25. The van der Waals surface area contributed by atoms with E-state index in [4.69, 9.17) is 5.73 Å². The van der Waals surface area contributed by atoms with Crippen molar-refractivity contribution in [2.24, 2.45) is 11.7 Å². The van der Waals surface area contributed by atoms with E-state index in [1.165, 1.54) is 11.0 Å². The molecule has 1 aliphatic heterocycles. The molecule has 2 aliphatic rings. The van der Waals surface area contributed by atoms with E-state index in [-0.39, 0.29) is 30.5 Å². The molecular weight excluding hydrogens is 372 g/mol. The van der Waals surface area contributed by atoms with Crippen LogP contribution in [0.15, 0.2) is 18.6 Å². The molecule has 28 heavy (non-hydrogen) atoms. The van der Waals surface area contributed by atoms with Gasteiger partial charge in [-0.2, -0.15) is 5.10 Å². The van der Waals surface area contributed by atoms with Crippen LogP contribution in [0, 0.1) is 5.92 Å². The number of aromatic nitrogens is 5. The van der Waals surface area contributed by atoms with Gasteiger partial charge in [0.15, 0.2) is 0 Å². The number of amides is 2. The molecule has 4 rings (SSSR count). The van der Waals surface area contributed by atoms with Crippen molar-refractivity contribution in [3.8, 4) is 0 Å². The first-order chi connectivity index (χ1) is 13.3. The standard InChI is InChI=1S/C10H14F2N4O.C7H9N3O/c11-10(12)3-1-7(2-4-10)5-16-6-14-9(15-16)8(13)17;11-7-2-1-5-10-6(9-7)3-4-8-10/h6-7H,1-5H2,(H2,13,17);3-4H,1-2,5H2,(H,9,11). The van der Waals surface area contributed by atoms with E-state index in [1.807, 2.05) is 10.7 Å². The summed E-state index contributed by atoms with van der Waals surface area (Å²) in [4.78, 5) is 25.5. The van der Waals surface area contributed by atoms with Gasteiger partial charge in [-0.1, -0.05) is 0 Å². The van der Waals surface area contributed by atoms with Gasteiger partial charge in [-0.3, -0.25) is 14.3 Å². The molecule has 0 unspecified atom stereocenters. The van der Waals surface area contributed by atoms with Gasteiger partial charge in [-0.25, -0.2) is 18.4 Å². The van der Waals surface area contributed by atoms with Crippen molar-refractivity contribution in [1.82, 2.24) is 24.5 Å². The van der Waals surface area contributed by atoms with Crippen LogP contribution >= 0.6 is 0 Å². The Labute approximate surface area is 160 Å². The van der Waals surface area contributed by atoms with Crippen molar-refractivity contribution in [2.45, 2.75) is 57.5 Å². The number of hydrogen-bond acceptors (Lipinski definition) is 5. The lowest BCUT2D eigenvalue weighted by Crippen LogP contribution is -2.27. The van der Waals surface area contributed by atoms with Crippen LogP contribution in [-0.2, 0) is 17.9 Å². The number of anilines is 1. The minimum Gasteiger partial charge on any atom is -0.363 e. The molecule has 0 spiro atoms. The van der Waals surface area contributed by atoms with Gasteiger partial charge in [0, 0.05) is 38.4 Å². The number of alkyl halides is 2.